The first-order chi connectivity index (χ1) is 11.7. The summed E-state index contributed by atoms with van der Waals surface area (Å²) in [5.74, 6) is 0.916. The van der Waals surface area contributed by atoms with E-state index in [1.807, 2.05) is 25.7 Å². The molecule has 1 aliphatic carbocycles. The molecule has 136 valence electrons. The van der Waals surface area contributed by atoms with Gasteiger partial charge in [-0.05, 0) is 61.7 Å². The fraction of sp³-hybridized carbons (Fsp3) is 0.611. The maximum atomic E-state index is 12.3. The van der Waals surface area contributed by atoms with Crippen LogP contribution in [0.4, 0.5) is 5.82 Å². The molecule has 0 radical (unpaired) electrons. The number of nitrogens with zero attached hydrogens (tertiary/aromatic N) is 3. The number of pyridine rings is 1. The third-order valence-corrected chi connectivity index (χ3v) is 4.66. The molecule has 1 amide bonds. The lowest BCUT2D eigenvalue weighted by Crippen LogP contribution is -2.49. The Labute approximate surface area is 156 Å². The van der Waals surface area contributed by atoms with Gasteiger partial charge >= 0.3 is 5.97 Å². The number of carbonyl (C=O) groups excluding carboxylic acids is 2. The minimum atomic E-state index is -0.540. The van der Waals surface area contributed by atoms with Crippen molar-refractivity contribution in [3.63, 3.8) is 0 Å². The van der Waals surface area contributed by atoms with Crippen molar-refractivity contribution in [1.82, 2.24) is 9.88 Å². The molecule has 1 saturated heterocycles. The van der Waals surface area contributed by atoms with Gasteiger partial charge in [0.1, 0.15) is 16.0 Å². The average Bonchev–Trinajstić information content (AvgIpc) is 3.37. The summed E-state index contributed by atoms with van der Waals surface area (Å²) < 4.78 is 6.04. The molecule has 2 heterocycles. The third kappa shape index (κ3) is 4.71. The number of anilines is 1. The standard InChI is InChI=1S/C18H24BrN3O3/c1-18(2,3)25-17(24)13-10-14(19)20-15(11-13)21-6-8-22(9-7-21)16(23)12-4-5-12/h10-12H,4-9H2,1-3H3. The summed E-state index contributed by atoms with van der Waals surface area (Å²) in [6.07, 6.45) is 2.07. The lowest BCUT2D eigenvalue weighted by atomic mass is 10.2. The number of amides is 1. The SMILES string of the molecule is CC(C)(C)OC(=O)c1cc(Br)nc(N2CCN(C(=O)C3CC3)CC2)c1. The van der Waals surface area contributed by atoms with Crippen LogP contribution in [-0.4, -0.2) is 53.5 Å². The van der Waals surface area contributed by atoms with Gasteiger partial charge in [-0.3, -0.25) is 4.79 Å². The van der Waals surface area contributed by atoms with Crippen molar-refractivity contribution in [3.05, 3.63) is 22.3 Å². The molecule has 1 aromatic heterocycles. The van der Waals surface area contributed by atoms with Crippen LogP contribution in [0.2, 0.25) is 0 Å². The van der Waals surface area contributed by atoms with Crippen LogP contribution >= 0.6 is 15.9 Å². The number of esters is 1. The van der Waals surface area contributed by atoms with Crippen LogP contribution in [0.5, 0.6) is 0 Å². The average molecular weight is 410 g/mol. The van der Waals surface area contributed by atoms with E-state index in [-0.39, 0.29) is 17.8 Å². The molecule has 2 aliphatic rings. The Morgan fingerprint density at radius 3 is 2.36 bits per heavy atom. The Hall–Kier alpha value is -1.63. The van der Waals surface area contributed by atoms with Crippen molar-refractivity contribution < 1.29 is 14.3 Å². The molecule has 0 spiro atoms. The van der Waals surface area contributed by atoms with Gasteiger partial charge in [-0.15, -0.1) is 0 Å². The number of hydrogen-bond donors (Lipinski definition) is 0. The van der Waals surface area contributed by atoms with E-state index >= 15 is 0 Å². The van der Waals surface area contributed by atoms with Crippen molar-refractivity contribution >= 4 is 33.6 Å². The summed E-state index contributed by atoms with van der Waals surface area (Å²) in [5, 5.41) is 0. The summed E-state index contributed by atoms with van der Waals surface area (Å²) in [5.41, 5.74) is -0.0646. The van der Waals surface area contributed by atoms with Gasteiger partial charge in [0.15, 0.2) is 0 Å². The van der Waals surface area contributed by atoms with Crippen LogP contribution in [0.25, 0.3) is 0 Å². The van der Waals surface area contributed by atoms with E-state index < -0.39 is 5.60 Å². The van der Waals surface area contributed by atoms with Crippen molar-refractivity contribution in [3.8, 4) is 0 Å². The fourth-order valence-corrected chi connectivity index (χ4v) is 3.27. The molecular weight excluding hydrogens is 386 g/mol. The first kappa shape index (κ1) is 18.2. The van der Waals surface area contributed by atoms with Crippen molar-refractivity contribution in [2.45, 2.75) is 39.2 Å². The Kier molecular flexibility index (Phi) is 5.04. The molecule has 0 aromatic carbocycles. The van der Waals surface area contributed by atoms with Crippen LogP contribution in [0.3, 0.4) is 0 Å². The monoisotopic (exact) mass is 409 g/mol. The number of halogens is 1. The van der Waals surface area contributed by atoms with Crippen molar-refractivity contribution in [2.24, 2.45) is 5.92 Å². The zero-order valence-electron chi connectivity index (χ0n) is 14.9. The Morgan fingerprint density at radius 2 is 1.80 bits per heavy atom. The van der Waals surface area contributed by atoms with E-state index in [2.05, 4.69) is 25.8 Å². The predicted octanol–water partition coefficient (Wildman–Crippen LogP) is 2.86. The first-order valence-electron chi connectivity index (χ1n) is 8.67. The van der Waals surface area contributed by atoms with Gasteiger partial charge in [-0.2, -0.15) is 0 Å². The Balaban J connectivity index is 1.68. The zero-order valence-corrected chi connectivity index (χ0v) is 16.5. The highest BCUT2D eigenvalue weighted by atomic mass is 79.9. The molecule has 0 N–H and O–H groups in total. The van der Waals surface area contributed by atoms with E-state index in [0.29, 0.717) is 23.3 Å². The van der Waals surface area contributed by atoms with Gasteiger partial charge in [-0.1, -0.05) is 0 Å². The molecule has 1 aliphatic heterocycles. The second kappa shape index (κ2) is 6.94. The zero-order chi connectivity index (χ0) is 18.2. The highest BCUT2D eigenvalue weighted by Gasteiger charge is 2.34. The third-order valence-electron chi connectivity index (χ3n) is 4.26. The van der Waals surface area contributed by atoms with Gasteiger partial charge in [0.05, 0.1) is 5.56 Å². The van der Waals surface area contributed by atoms with Crippen LogP contribution in [0.15, 0.2) is 16.7 Å². The number of carbonyl (C=O) groups is 2. The molecule has 0 unspecified atom stereocenters. The molecule has 1 saturated carbocycles. The van der Waals surface area contributed by atoms with Gasteiger partial charge in [0, 0.05) is 32.1 Å². The minimum absolute atomic E-state index is 0.259. The molecule has 2 fully saturated rings. The largest absolute Gasteiger partial charge is 0.456 e. The van der Waals surface area contributed by atoms with E-state index in [9.17, 15) is 9.59 Å². The fourth-order valence-electron chi connectivity index (χ4n) is 2.84. The van der Waals surface area contributed by atoms with E-state index in [1.54, 1.807) is 12.1 Å². The molecule has 1 aromatic rings. The summed E-state index contributed by atoms with van der Waals surface area (Å²) in [6.45, 7) is 8.37. The molecule has 0 atom stereocenters. The van der Waals surface area contributed by atoms with Gasteiger partial charge in [0.25, 0.3) is 0 Å². The van der Waals surface area contributed by atoms with Gasteiger partial charge in [-0.25, -0.2) is 9.78 Å². The molecular formula is C18H24BrN3O3. The lowest BCUT2D eigenvalue weighted by molar-refractivity contribution is -0.132. The highest BCUT2D eigenvalue weighted by molar-refractivity contribution is 9.10. The second-order valence-electron chi connectivity index (χ2n) is 7.63. The Morgan fingerprint density at radius 1 is 1.16 bits per heavy atom. The molecule has 0 bridgehead atoms. The van der Waals surface area contributed by atoms with Crippen LogP contribution in [0, 0.1) is 5.92 Å². The first-order valence-corrected chi connectivity index (χ1v) is 9.47. The molecule has 7 heteroatoms. The number of rotatable bonds is 3. The normalized spacial score (nSPS) is 18.2. The van der Waals surface area contributed by atoms with Crippen LogP contribution in [-0.2, 0) is 9.53 Å². The summed E-state index contributed by atoms with van der Waals surface area (Å²) in [7, 11) is 0. The molecule has 6 nitrogen and oxygen atoms in total. The summed E-state index contributed by atoms with van der Waals surface area (Å²) in [6, 6.07) is 3.43. The number of hydrogen-bond acceptors (Lipinski definition) is 5. The molecule has 25 heavy (non-hydrogen) atoms. The van der Waals surface area contributed by atoms with E-state index in [4.69, 9.17) is 4.74 Å². The van der Waals surface area contributed by atoms with Gasteiger partial charge < -0.3 is 14.5 Å². The maximum Gasteiger partial charge on any atom is 0.338 e. The smallest absolute Gasteiger partial charge is 0.338 e. The number of piperazine rings is 1. The topological polar surface area (TPSA) is 62.7 Å². The Bertz CT molecular complexity index is 675. The summed E-state index contributed by atoms with van der Waals surface area (Å²) in [4.78, 5) is 33.0. The maximum absolute atomic E-state index is 12.3. The number of ether oxygens (including phenoxy) is 1. The second-order valence-corrected chi connectivity index (χ2v) is 8.44. The van der Waals surface area contributed by atoms with Crippen molar-refractivity contribution in [1.29, 1.82) is 0 Å². The lowest BCUT2D eigenvalue weighted by Gasteiger charge is -2.35. The predicted molar refractivity (Wildman–Crippen MR) is 98.6 cm³/mol. The van der Waals surface area contributed by atoms with Crippen molar-refractivity contribution in [2.75, 3.05) is 31.1 Å². The minimum Gasteiger partial charge on any atom is -0.456 e. The van der Waals surface area contributed by atoms with Crippen LogP contribution in [0.1, 0.15) is 44.0 Å². The van der Waals surface area contributed by atoms with Gasteiger partial charge in [0.2, 0.25) is 5.91 Å². The molecule has 3 rings (SSSR count). The van der Waals surface area contributed by atoms with Crippen LogP contribution < -0.4 is 4.90 Å². The highest BCUT2D eigenvalue weighted by Crippen LogP contribution is 2.31. The quantitative estimate of drug-likeness (QED) is 0.567. The summed E-state index contributed by atoms with van der Waals surface area (Å²) >= 11 is 3.38. The van der Waals surface area contributed by atoms with E-state index in [0.717, 1.165) is 31.7 Å². The van der Waals surface area contributed by atoms with E-state index in [1.165, 1.54) is 0 Å². The number of aromatic nitrogens is 1.